The zero-order chi connectivity index (χ0) is 16.2. The fraction of sp³-hybridized carbons (Fsp3) is 0.400. The Bertz CT molecular complexity index is 840. The predicted molar refractivity (Wildman–Crippen MR) is 94.1 cm³/mol. The maximum absolute atomic E-state index is 13.2. The number of rotatable bonds is 2. The number of fused-ring (bicyclic) bond motifs is 3. The molecule has 4 rings (SSSR count). The van der Waals surface area contributed by atoms with Gasteiger partial charge in [0.1, 0.15) is 0 Å². The molecule has 0 spiro atoms. The molecule has 23 heavy (non-hydrogen) atoms. The minimum Gasteiger partial charge on any atom is -0.360 e. The number of aliphatic imine (C=N–C) groups is 1. The fourth-order valence-corrected chi connectivity index (χ4v) is 4.14. The van der Waals surface area contributed by atoms with Crippen molar-refractivity contribution in [1.82, 2.24) is 4.98 Å². The van der Waals surface area contributed by atoms with Crippen LogP contribution in [-0.4, -0.2) is 22.0 Å². The summed E-state index contributed by atoms with van der Waals surface area (Å²) >= 11 is 0. The highest BCUT2D eigenvalue weighted by atomic mass is 16.1. The molecule has 3 heteroatoms. The molecular weight excluding hydrogens is 284 g/mol. The van der Waals surface area contributed by atoms with Crippen LogP contribution >= 0.6 is 0 Å². The summed E-state index contributed by atoms with van der Waals surface area (Å²) in [5.41, 5.74) is 3.44. The van der Waals surface area contributed by atoms with Crippen LogP contribution in [-0.2, 0) is 0 Å². The third-order valence-electron chi connectivity index (χ3n) is 5.63. The minimum absolute atomic E-state index is 0.0574. The van der Waals surface area contributed by atoms with E-state index in [4.69, 9.17) is 4.99 Å². The van der Waals surface area contributed by atoms with Crippen LogP contribution in [0.4, 0.5) is 0 Å². The van der Waals surface area contributed by atoms with E-state index < -0.39 is 0 Å². The van der Waals surface area contributed by atoms with E-state index in [9.17, 15) is 4.79 Å². The first kappa shape index (κ1) is 14.4. The van der Waals surface area contributed by atoms with Gasteiger partial charge in [-0.1, -0.05) is 30.4 Å². The number of Topliss-reactive ketones (excluding diaryl/α,β-unsaturated/α-hetero) is 1. The number of ketones is 1. The Morgan fingerprint density at radius 2 is 2.13 bits per heavy atom. The SMILES string of the molecule is C=C1CC[C@H]2C[C@@H]1C(C(=O)c1c[nH]c3ccccc13)=NC2(C)C. The average molecular weight is 306 g/mol. The van der Waals surface area contributed by atoms with Gasteiger partial charge in [-0.3, -0.25) is 9.79 Å². The number of carbonyl (C=O) groups is 1. The highest BCUT2D eigenvalue weighted by Crippen LogP contribution is 2.45. The van der Waals surface area contributed by atoms with Crippen LogP contribution in [0.5, 0.6) is 0 Å². The normalized spacial score (nSPS) is 26.2. The van der Waals surface area contributed by atoms with Gasteiger partial charge in [-0.25, -0.2) is 0 Å². The van der Waals surface area contributed by atoms with Crippen LogP contribution in [0.15, 0.2) is 47.6 Å². The van der Waals surface area contributed by atoms with Gasteiger partial charge in [0.25, 0.3) is 0 Å². The molecule has 0 saturated heterocycles. The first-order valence-corrected chi connectivity index (χ1v) is 8.35. The lowest BCUT2D eigenvalue weighted by Crippen LogP contribution is -2.44. The molecule has 0 amide bonds. The minimum atomic E-state index is -0.158. The quantitative estimate of drug-likeness (QED) is 0.642. The van der Waals surface area contributed by atoms with E-state index in [-0.39, 0.29) is 17.2 Å². The van der Waals surface area contributed by atoms with E-state index in [1.165, 1.54) is 5.57 Å². The second-order valence-electron chi connectivity index (χ2n) is 7.41. The van der Waals surface area contributed by atoms with Crippen molar-refractivity contribution in [2.45, 2.75) is 38.6 Å². The van der Waals surface area contributed by atoms with Crippen LogP contribution < -0.4 is 0 Å². The summed E-state index contributed by atoms with van der Waals surface area (Å²) in [4.78, 5) is 21.3. The number of nitrogens with one attached hydrogen (secondary N) is 1. The van der Waals surface area contributed by atoms with Crippen LogP contribution in [0.3, 0.4) is 0 Å². The van der Waals surface area contributed by atoms with Crippen LogP contribution in [0.25, 0.3) is 10.9 Å². The molecule has 1 aromatic carbocycles. The van der Waals surface area contributed by atoms with Crippen molar-refractivity contribution >= 4 is 22.4 Å². The Morgan fingerprint density at radius 3 is 2.96 bits per heavy atom. The number of hydrogen-bond donors (Lipinski definition) is 1. The molecule has 1 saturated carbocycles. The third-order valence-corrected chi connectivity index (χ3v) is 5.63. The molecule has 3 nitrogen and oxygen atoms in total. The molecule has 0 unspecified atom stereocenters. The number of allylic oxidation sites excluding steroid dienone is 1. The highest BCUT2D eigenvalue weighted by molar-refractivity contribution is 6.49. The highest BCUT2D eigenvalue weighted by Gasteiger charge is 2.43. The van der Waals surface area contributed by atoms with Crippen molar-refractivity contribution in [2.75, 3.05) is 0 Å². The number of hydrogen-bond acceptors (Lipinski definition) is 2. The van der Waals surface area contributed by atoms with Gasteiger partial charge in [0.15, 0.2) is 0 Å². The van der Waals surface area contributed by atoms with Gasteiger partial charge in [-0.2, -0.15) is 0 Å². The van der Waals surface area contributed by atoms with Gasteiger partial charge < -0.3 is 4.98 Å². The molecule has 2 heterocycles. The zero-order valence-corrected chi connectivity index (χ0v) is 13.7. The second kappa shape index (κ2) is 4.92. The number of carbonyl (C=O) groups excluding carboxylic acids is 1. The van der Waals surface area contributed by atoms with Crippen molar-refractivity contribution in [1.29, 1.82) is 0 Å². The maximum atomic E-state index is 13.2. The maximum Gasteiger partial charge on any atom is 0.209 e. The Morgan fingerprint density at radius 1 is 1.35 bits per heavy atom. The van der Waals surface area contributed by atoms with Crippen molar-refractivity contribution in [3.63, 3.8) is 0 Å². The molecule has 2 bridgehead atoms. The number of H-pyrrole nitrogens is 1. The Balaban J connectivity index is 1.82. The fourth-order valence-electron chi connectivity index (χ4n) is 4.14. The van der Waals surface area contributed by atoms with E-state index in [0.717, 1.165) is 35.7 Å². The summed E-state index contributed by atoms with van der Waals surface area (Å²) < 4.78 is 0. The molecule has 1 aliphatic heterocycles. The topological polar surface area (TPSA) is 45.2 Å². The summed E-state index contributed by atoms with van der Waals surface area (Å²) in [6.45, 7) is 8.53. The molecule has 1 aliphatic carbocycles. The number of benzene rings is 1. The smallest absolute Gasteiger partial charge is 0.209 e. The van der Waals surface area contributed by atoms with Gasteiger partial charge >= 0.3 is 0 Å². The molecule has 2 atom stereocenters. The summed E-state index contributed by atoms with van der Waals surface area (Å²) in [6, 6.07) is 7.93. The Kier molecular flexibility index (Phi) is 3.09. The largest absolute Gasteiger partial charge is 0.360 e. The van der Waals surface area contributed by atoms with Gasteiger partial charge in [-0.15, -0.1) is 0 Å². The number of aromatic nitrogens is 1. The second-order valence-corrected chi connectivity index (χ2v) is 7.41. The number of nitrogens with zero attached hydrogens (tertiary/aromatic N) is 1. The van der Waals surface area contributed by atoms with Crippen molar-refractivity contribution < 1.29 is 4.79 Å². The molecule has 118 valence electrons. The first-order valence-electron chi connectivity index (χ1n) is 8.35. The number of aromatic amines is 1. The van der Waals surface area contributed by atoms with E-state index in [1.807, 2.05) is 30.5 Å². The van der Waals surface area contributed by atoms with Gasteiger partial charge in [-0.05, 0) is 45.1 Å². The standard InChI is InChI=1S/C20H22N2O/c1-12-8-9-13-10-15(12)18(22-20(13,2)3)19(23)16-11-21-17-7-5-4-6-14(16)17/h4-7,11,13,15,21H,1,8-10H2,2-3H3/t13-,15-/m0/s1. The van der Waals surface area contributed by atoms with Gasteiger partial charge in [0.05, 0.1) is 11.3 Å². The van der Waals surface area contributed by atoms with Crippen LogP contribution in [0.2, 0.25) is 0 Å². The molecule has 0 radical (unpaired) electrons. The summed E-state index contributed by atoms with van der Waals surface area (Å²) in [7, 11) is 0. The lowest BCUT2D eigenvalue weighted by atomic mass is 9.66. The molecule has 1 N–H and O–H groups in total. The molecule has 2 aromatic rings. The van der Waals surface area contributed by atoms with Crippen LogP contribution in [0.1, 0.15) is 43.5 Å². The first-order chi connectivity index (χ1) is 11.0. The molecule has 2 aliphatic rings. The molecular formula is C20H22N2O. The van der Waals surface area contributed by atoms with Crippen molar-refractivity contribution in [2.24, 2.45) is 16.8 Å². The molecule has 1 fully saturated rings. The van der Waals surface area contributed by atoms with E-state index in [1.54, 1.807) is 0 Å². The van der Waals surface area contributed by atoms with Gasteiger partial charge in [0, 0.05) is 28.6 Å². The Labute approximate surface area is 136 Å². The summed E-state index contributed by atoms with van der Waals surface area (Å²) in [6.07, 6.45) is 4.98. The van der Waals surface area contributed by atoms with E-state index in [0.29, 0.717) is 11.6 Å². The Hall–Kier alpha value is -2.16. The summed E-state index contributed by atoms with van der Waals surface area (Å²) in [5, 5.41) is 0.974. The number of para-hydroxylation sites is 1. The zero-order valence-electron chi connectivity index (χ0n) is 13.7. The van der Waals surface area contributed by atoms with Crippen LogP contribution in [0, 0.1) is 11.8 Å². The lowest BCUT2D eigenvalue weighted by molar-refractivity contribution is 0.105. The summed E-state index contributed by atoms with van der Waals surface area (Å²) in [5.74, 6) is 0.738. The predicted octanol–water partition coefficient (Wildman–Crippen LogP) is 4.56. The van der Waals surface area contributed by atoms with Crippen molar-refractivity contribution in [3.8, 4) is 0 Å². The van der Waals surface area contributed by atoms with E-state index in [2.05, 4.69) is 25.4 Å². The lowest BCUT2D eigenvalue weighted by Gasteiger charge is -2.44. The average Bonchev–Trinajstić information content (AvgIpc) is 2.96. The van der Waals surface area contributed by atoms with Gasteiger partial charge in [0.2, 0.25) is 5.78 Å². The van der Waals surface area contributed by atoms with E-state index >= 15 is 0 Å². The monoisotopic (exact) mass is 306 g/mol. The third kappa shape index (κ3) is 2.18. The molecule has 1 aromatic heterocycles. The van der Waals surface area contributed by atoms with Crippen molar-refractivity contribution in [3.05, 3.63) is 48.2 Å².